The van der Waals surface area contributed by atoms with E-state index in [0.717, 1.165) is 25.7 Å². The number of aliphatic carboxylic acids is 1. The second-order valence-corrected chi connectivity index (χ2v) is 4.82. The lowest BCUT2D eigenvalue weighted by atomic mass is 9.97. The molecule has 5 heteroatoms. The maximum Gasteiger partial charge on any atom is 0.319 e. The van der Waals surface area contributed by atoms with Crippen LogP contribution in [0.5, 0.6) is 0 Å². The van der Waals surface area contributed by atoms with Crippen molar-refractivity contribution in [2.24, 2.45) is 0 Å². The monoisotopic (exact) mass is 244 g/mol. The Balaban J connectivity index is 2.38. The number of carbonyl (C=O) groups is 2. The van der Waals surface area contributed by atoms with Gasteiger partial charge in [-0.05, 0) is 12.8 Å². The molecule has 0 heterocycles. The molecular weight excluding hydrogens is 224 g/mol. The minimum atomic E-state index is -1.19. The fourth-order valence-corrected chi connectivity index (χ4v) is 2.04. The highest BCUT2D eigenvalue weighted by Crippen LogP contribution is 2.25. The first kappa shape index (κ1) is 14.0. The molecule has 5 nitrogen and oxygen atoms in total. The fourth-order valence-electron chi connectivity index (χ4n) is 2.04. The summed E-state index contributed by atoms with van der Waals surface area (Å²) < 4.78 is 10.7. The van der Waals surface area contributed by atoms with Crippen LogP contribution in [-0.2, 0) is 19.1 Å². The first-order valence-corrected chi connectivity index (χ1v) is 6.00. The summed E-state index contributed by atoms with van der Waals surface area (Å²) in [6.45, 7) is 3.28. The van der Waals surface area contributed by atoms with Gasteiger partial charge < -0.3 is 14.6 Å². The molecule has 0 atom stereocenters. The van der Waals surface area contributed by atoms with Crippen LogP contribution in [0, 0.1) is 0 Å². The molecule has 1 saturated carbocycles. The Morgan fingerprint density at radius 1 is 1.24 bits per heavy atom. The first-order valence-electron chi connectivity index (χ1n) is 6.00. The molecule has 0 spiro atoms. The van der Waals surface area contributed by atoms with E-state index in [1.165, 1.54) is 6.42 Å². The van der Waals surface area contributed by atoms with Crippen molar-refractivity contribution in [3.05, 3.63) is 0 Å². The Kier molecular flexibility index (Phi) is 4.93. The summed E-state index contributed by atoms with van der Waals surface area (Å²) in [4.78, 5) is 21.6. The van der Waals surface area contributed by atoms with Crippen LogP contribution < -0.4 is 0 Å². The molecule has 0 bridgehead atoms. The third-order valence-corrected chi connectivity index (χ3v) is 2.66. The van der Waals surface area contributed by atoms with Crippen LogP contribution in [0.15, 0.2) is 0 Å². The number of hydrogen-bond donors (Lipinski definition) is 1. The second kappa shape index (κ2) is 6.00. The van der Waals surface area contributed by atoms with E-state index in [9.17, 15) is 9.59 Å². The molecule has 0 aromatic heterocycles. The van der Waals surface area contributed by atoms with Crippen LogP contribution in [0.2, 0.25) is 0 Å². The molecule has 1 fully saturated rings. The number of carbonyl (C=O) groups excluding carboxylic acids is 1. The maximum atomic E-state index is 11.2. The van der Waals surface area contributed by atoms with E-state index in [0.29, 0.717) is 0 Å². The summed E-state index contributed by atoms with van der Waals surface area (Å²) in [7, 11) is 0. The number of carboxylic acids is 1. The summed E-state index contributed by atoms with van der Waals surface area (Å²) in [6.07, 6.45) is 4.90. The van der Waals surface area contributed by atoms with E-state index in [2.05, 4.69) is 0 Å². The standard InChI is InChI=1S/C12H20O5/c1-12(2,17-11(15)8-10(13)14)16-9-6-4-3-5-7-9/h9H,3-8H2,1-2H3,(H,13,14). The van der Waals surface area contributed by atoms with Gasteiger partial charge in [-0.2, -0.15) is 0 Å². The quantitative estimate of drug-likeness (QED) is 0.455. The molecule has 0 saturated heterocycles. The van der Waals surface area contributed by atoms with E-state index in [1.54, 1.807) is 13.8 Å². The Morgan fingerprint density at radius 3 is 2.35 bits per heavy atom. The van der Waals surface area contributed by atoms with Crippen LogP contribution >= 0.6 is 0 Å². The lowest BCUT2D eigenvalue weighted by Crippen LogP contribution is -2.36. The molecule has 17 heavy (non-hydrogen) atoms. The lowest BCUT2D eigenvalue weighted by Gasteiger charge is -2.32. The topological polar surface area (TPSA) is 72.8 Å². The minimum Gasteiger partial charge on any atom is -0.481 e. The van der Waals surface area contributed by atoms with E-state index >= 15 is 0 Å². The number of rotatable bonds is 5. The molecule has 0 aromatic carbocycles. The summed E-state index contributed by atoms with van der Waals surface area (Å²) >= 11 is 0. The van der Waals surface area contributed by atoms with Crippen LogP contribution in [0.3, 0.4) is 0 Å². The molecule has 98 valence electrons. The molecule has 1 N–H and O–H groups in total. The van der Waals surface area contributed by atoms with Crippen LogP contribution in [0.1, 0.15) is 52.4 Å². The first-order chi connectivity index (χ1) is 7.89. The Bertz CT molecular complexity index is 279. The van der Waals surface area contributed by atoms with Crippen LogP contribution in [0.25, 0.3) is 0 Å². The van der Waals surface area contributed by atoms with E-state index in [1.807, 2.05) is 0 Å². The van der Waals surface area contributed by atoms with Crippen molar-refractivity contribution >= 4 is 11.9 Å². The van der Waals surface area contributed by atoms with Gasteiger partial charge in [-0.1, -0.05) is 19.3 Å². The highest BCUT2D eigenvalue weighted by atomic mass is 16.7. The molecule has 0 unspecified atom stereocenters. The van der Waals surface area contributed by atoms with Gasteiger partial charge in [0.1, 0.15) is 6.42 Å². The molecule has 1 aliphatic rings. The average Bonchev–Trinajstić information content (AvgIpc) is 2.15. The second-order valence-electron chi connectivity index (χ2n) is 4.82. The zero-order chi connectivity index (χ0) is 12.9. The van der Waals surface area contributed by atoms with Crippen molar-refractivity contribution in [1.29, 1.82) is 0 Å². The molecular formula is C12H20O5. The molecule has 0 amide bonds. The zero-order valence-corrected chi connectivity index (χ0v) is 10.4. The molecule has 1 rings (SSSR count). The molecule has 0 aromatic rings. The van der Waals surface area contributed by atoms with E-state index in [-0.39, 0.29) is 6.10 Å². The number of carboxylic acid groups (broad SMARTS) is 1. The Labute approximate surface area is 101 Å². The van der Waals surface area contributed by atoms with Crippen molar-refractivity contribution < 1.29 is 24.2 Å². The SMILES string of the molecule is CC(C)(OC(=O)CC(=O)O)OC1CCCCC1. The van der Waals surface area contributed by atoms with Crippen molar-refractivity contribution in [1.82, 2.24) is 0 Å². The van der Waals surface area contributed by atoms with Gasteiger partial charge in [0, 0.05) is 13.8 Å². The normalized spacial score (nSPS) is 17.8. The van der Waals surface area contributed by atoms with E-state index < -0.39 is 24.1 Å². The summed E-state index contributed by atoms with van der Waals surface area (Å²) in [5, 5.41) is 8.46. The van der Waals surface area contributed by atoms with Gasteiger partial charge in [0.05, 0.1) is 6.10 Å². The number of ether oxygens (including phenoxy) is 2. The summed E-state index contributed by atoms with van der Waals surface area (Å²) in [5.74, 6) is -3.00. The molecule has 0 aliphatic heterocycles. The largest absolute Gasteiger partial charge is 0.481 e. The highest BCUT2D eigenvalue weighted by molar-refractivity contribution is 5.90. The van der Waals surface area contributed by atoms with Crippen molar-refractivity contribution in [3.8, 4) is 0 Å². The molecule has 0 radical (unpaired) electrons. The summed E-state index contributed by atoms with van der Waals surface area (Å²) in [6, 6.07) is 0. The van der Waals surface area contributed by atoms with Gasteiger partial charge in [0.2, 0.25) is 5.79 Å². The Hall–Kier alpha value is -1.10. The van der Waals surface area contributed by atoms with E-state index in [4.69, 9.17) is 14.6 Å². The van der Waals surface area contributed by atoms with Gasteiger partial charge >= 0.3 is 11.9 Å². The van der Waals surface area contributed by atoms with Crippen LogP contribution in [-0.4, -0.2) is 28.9 Å². The van der Waals surface area contributed by atoms with Gasteiger partial charge in [-0.3, -0.25) is 9.59 Å². The zero-order valence-electron chi connectivity index (χ0n) is 10.4. The smallest absolute Gasteiger partial charge is 0.319 e. The van der Waals surface area contributed by atoms with Gasteiger partial charge in [-0.25, -0.2) is 0 Å². The van der Waals surface area contributed by atoms with Crippen LogP contribution in [0.4, 0.5) is 0 Å². The fraction of sp³-hybridized carbons (Fsp3) is 0.833. The van der Waals surface area contributed by atoms with Crippen molar-refractivity contribution in [2.45, 2.75) is 64.3 Å². The summed E-state index contributed by atoms with van der Waals surface area (Å²) in [5.41, 5.74) is 0. The highest BCUT2D eigenvalue weighted by Gasteiger charge is 2.29. The Morgan fingerprint density at radius 2 is 1.82 bits per heavy atom. The van der Waals surface area contributed by atoms with Gasteiger partial charge in [0.15, 0.2) is 0 Å². The lowest BCUT2D eigenvalue weighted by molar-refractivity contribution is -0.235. The predicted molar refractivity (Wildman–Crippen MR) is 60.4 cm³/mol. The van der Waals surface area contributed by atoms with Gasteiger partial charge in [0.25, 0.3) is 0 Å². The number of hydrogen-bond acceptors (Lipinski definition) is 4. The van der Waals surface area contributed by atoms with Crippen molar-refractivity contribution in [2.75, 3.05) is 0 Å². The van der Waals surface area contributed by atoms with Gasteiger partial charge in [-0.15, -0.1) is 0 Å². The maximum absolute atomic E-state index is 11.2. The third-order valence-electron chi connectivity index (χ3n) is 2.66. The number of esters is 1. The minimum absolute atomic E-state index is 0.108. The van der Waals surface area contributed by atoms with Crippen molar-refractivity contribution in [3.63, 3.8) is 0 Å². The third kappa shape index (κ3) is 5.68. The predicted octanol–water partition coefficient (Wildman–Crippen LogP) is 2.09. The average molecular weight is 244 g/mol. The molecule has 1 aliphatic carbocycles.